The van der Waals surface area contributed by atoms with Gasteiger partial charge in [0, 0.05) is 24.3 Å². The Labute approximate surface area is 214 Å². The molecule has 1 fully saturated rings. The number of rotatable bonds is 7. The summed E-state index contributed by atoms with van der Waals surface area (Å²) >= 11 is 5.07. The maximum atomic E-state index is 12.0. The lowest BCUT2D eigenvalue weighted by atomic mass is 9.85. The van der Waals surface area contributed by atoms with Crippen molar-refractivity contribution in [3.63, 3.8) is 0 Å². The van der Waals surface area contributed by atoms with E-state index >= 15 is 0 Å². The molecule has 4 aromatic rings. The maximum absolute atomic E-state index is 12.0. The Hall–Kier alpha value is -2.96. The topological polar surface area (TPSA) is 122 Å². The van der Waals surface area contributed by atoms with E-state index in [0.29, 0.717) is 35.6 Å². The molecule has 0 spiro atoms. The molecule has 5 rings (SSSR count). The predicted octanol–water partition coefficient (Wildman–Crippen LogP) is 4.00. The maximum Gasteiger partial charge on any atom is 0.311 e. The van der Waals surface area contributed by atoms with E-state index in [1.807, 2.05) is 50.2 Å². The zero-order valence-corrected chi connectivity index (χ0v) is 22.0. The number of fused-ring (bicyclic) bond motifs is 1. The summed E-state index contributed by atoms with van der Waals surface area (Å²) in [6.45, 7) is 2.44. The normalized spacial score (nSPS) is 20.1. The minimum Gasteiger partial charge on any atom is -0.481 e. The van der Waals surface area contributed by atoms with Gasteiger partial charge in [0.05, 0.1) is 16.5 Å². The van der Waals surface area contributed by atoms with Crippen molar-refractivity contribution in [3.05, 3.63) is 40.1 Å². The van der Waals surface area contributed by atoms with Gasteiger partial charge in [0.1, 0.15) is 14.6 Å². The van der Waals surface area contributed by atoms with E-state index in [2.05, 4.69) is 41.5 Å². The standard InChI is InChI=1S/C23H25BrN8O2S/c1-13-28-29-20(35-13)14-4-6-16(7-5-14)32-19-17(18(24)30-32)11-25-22(27-19)26-15-8-9-23(10-15,21(33)34)12-31(2)3/h4-7,11,15H,8-10,12H2,1-3H3,(H,33,34)(H,25,26,27). The van der Waals surface area contributed by atoms with Gasteiger partial charge in [-0.05, 0) is 80.5 Å². The quantitative estimate of drug-likeness (QED) is 0.347. The molecular weight excluding hydrogens is 532 g/mol. The second-order valence-electron chi connectivity index (χ2n) is 9.21. The van der Waals surface area contributed by atoms with Gasteiger partial charge in [-0.1, -0.05) is 11.3 Å². The fraction of sp³-hybridized carbons (Fsp3) is 0.391. The van der Waals surface area contributed by atoms with Crippen LogP contribution in [0.3, 0.4) is 0 Å². The number of halogens is 1. The number of hydrogen-bond donors (Lipinski definition) is 2. The number of hydrogen-bond acceptors (Lipinski definition) is 9. The molecule has 1 aliphatic rings. The predicted molar refractivity (Wildman–Crippen MR) is 138 cm³/mol. The van der Waals surface area contributed by atoms with Gasteiger partial charge >= 0.3 is 5.97 Å². The molecule has 1 saturated carbocycles. The zero-order chi connectivity index (χ0) is 24.7. The minimum atomic E-state index is -0.761. The summed E-state index contributed by atoms with van der Waals surface area (Å²) in [5.74, 6) is -0.288. The first kappa shape index (κ1) is 23.8. The molecule has 2 atom stereocenters. The first-order chi connectivity index (χ1) is 16.7. The van der Waals surface area contributed by atoms with Crippen LogP contribution in [-0.2, 0) is 4.79 Å². The van der Waals surface area contributed by atoms with E-state index in [1.165, 1.54) is 0 Å². The molecule has 10 nitrogen and oxygen atoms in total. The number of carboxylic acids is 1. The van der Waals surface area contributed by atoms with Crippen molar-refractivity contribution in [1.82, 2.24) is 34.8 Å². The molecule has 3 aromatic heterocycles. The molecule has 12 heteroatoms. The molecule has 182 valence electrons. The van der Waals surface area contributed by atoms with Crippen LogP contribution in [-0.4, -0.2) is 72.6 Å². The van der Waals surface area contributed by atoms with Crippen molar-refractivity contribution < 1.29 is 9.90 Å². The van der Waals surface area contributed by atoms with E-state index in [1.54, 1.807) is 22.2 Å². The molecule has 1 aliphatic carbocycles. The number of aromatic nitrogens is 6. The van der Waals surface area contributed by atoms with E-state index < -0.39 is 11.4 Å². The van der Waals surface area contributed by atoms with Crippen LogP contribution in [0, 0.1) is 12.3 Å². The number of aryl methyl sites for hydroxylation is 1. The summed E-state index contributed by atoms with van der Waals surface area (Å²) in [6, 6.07) is 7.91. The van der Waals surface area contributed by atoms with Crippen LogP contribution in [0.25, 0.3) is 27.3 Å². The number of nitrogens with zero attached hydrogens (tertiary/aromatic N) is 7. The Balaban J connectivity index is 1.40. The van der Waals surface area contributed by atoms with Crippen molar-refractivity contribution in [3.8, 4) is 16.3 Å². The molecule has 35 heavy (non-hydrogen) atoms. The lowest BCUT2D eigenvalue weighted by Crippen LogP contribution is -2.39. The van der Waals surface area contributed by atoms with Gasteiger partial charge in [-0.25, -0.2) is 9.67 Å². The fourth-order valence-electron chi connectivity index (χ4n) is 4.72. The number of nitrogens with one attached hydrogen (secondary N) is 1. The van der Waals surface area contributed by atoms with Crippen LogP contribution in [0.2, 0.25) is 0 Å². The number of aliphatic carboxylic acids is 1. The minimum absolute atomic E-state index is 0.0158. The molecular formula is C23H25BrN8O2S. The number of carbonyl (C=O) groups is 1. The van der Waals surface area contributed by atoms with Gasteiger partial charge < -0.3 is 15.3 Å². The van der Waals surface area contributed by atoms with Crippen molar-refractivity contribution in [1.29, 1.82) is 0 Å². The first-order valence-electron chi connectivity index (χ1n) is 11.2. The molecule has 0 aliphatic heterocycles. The van der Waals surface area contributed by atoms with E-state index in [4.69, 9.17) is 4.98 Å². The molecule has 2 unspecified atom stereocenters. The Morgan fingerprint density at radius 1 is 1.31 bits per heavy atom. The third-order valence-corrected chi connectivity index (χ3v) is 7.75. The van der Waals surface area contributed by atoms with Gasteiger partial charge in [-0.3, -0.25) is 4.79 Å². The van der Waals surface area contributed by atoms with Crippen molar-refractivity contribution in [2.45, 2.75) is 32.2 Å². The SMILES string of the molecule is Cc1nnc(-c2ccc(-n3nc(Br)c4cnc(NC5CCC(CN(C)C)(C(=O)O)C5)nc43)cc2)s1. The Kier molecular flexibility index (Phi) is 6.28. The largest absolute Gasteiger partial charge is 0.481 e. The van der Waals surface area contributed by atoms with Gasteiger partial charge in [0.25, 0.3) is 0 Å². The average Bonchev–Trinajstić information content (AvgIpc) is 3.52. The Morgan fingerprint density at radius 3 is 2.74 bits per heavy atom. The highest BCUT2D eigenvalue weighted by Crippen LogP contribution is 2.40. The highest BCUT2D eigenvalue weighted by molar-refractivity contribution is 9.10. The van der Waals surface area contributed by atoms with Gasteiger partial charge in [-0.15, -0.1) is 10.2 Å². The Bertz CT molecular complexity index is 1390. The smallest absolute Gasteiger partial charge is 0.311 e. The molecule has 0 saturated heterocycles. The van der Waals surface area contributed by atoms with E-state index in [9.17, 15) is 9.90 Å². The summed E-state index contributed by atoms with van der Waals surface area (Å²) in [5, 5.41) is 28.7. The van der Waals surface area contributed by atoms with Crippen molar-refractivity contribution in [2.75, 3.05) is 26.0 Å². The molecule has 1 aromatic carbocycles. The molecule has 3 heterocycles. The molecule has 0 radical (unpaired) electrons. The van der Waals surface area contributed by atoms with Crippen molar-refractivity contribution >= 4 is 50.2 Å². The van der Waals surface area contributed by atoms with Crippen LogP contribution in [0.15, 0.2) is 35.1 Å². The van der Waals surface area contributed by atoms with Gasteiger partial charge in [-0.2, -0.15) is 10.1 Å². The van der Waals surface area contributed by atoms with E-state index in [-0.39, 0.29) is 6.04 Å². The number of benzene rings is 1. The van der Waals surface area contributed by atoms with Gasteiger partial charge in [0.15, 0.2) is 5.65 Å². The van der Waals surface area contributed by atoms with E-state index in [0.717, 1.165) is 33.1 Å². The molecule has 2 N–H and O–H groups in total. The summed E-state index contributed by atoms with van der Waals surface area (Å²) in [7, 11) is 3.81. The first-order valence-corrected chi connectivity index (χ1v) is 12.8. The second kappa shape index (κ2) is 9.25. The lowest BCUT2D eigenvalue weighted by Gasteiger charge is -2.27. The molecule has 0 bridgehead atoms. The number of carboxylic acid groups (broad SMARTS) is 1. The van der Waals surface area contributed by atoms with Crippen LogP contribution >= 0.6 is 27.3 Å². The summed E-state index contributed by atoms with van der Waals surface area (Å²) in [5.41, 5.74) is 1.74. The zero-order valence-electron chi connectivity index (χ0n) is 19.6. The van der Waals surface area contributed by atoms with Crippen LogP contribution in [0.1, 0.15) is 24.3 Å². The fourth-order valence-corrected chi connectivity index (χ4v) is 5.86. The molecule has 0 amide bonds. The second-order valence-corrected chi connectivity index (χ2v) is 11.1. The monoisotopic (exact) mass is 556 g/mol. The average molecular weight is 557 g/mol. The third kappa shape index (κ3) is 4.65. The van der Waals surface area contributed by atoms with Gasteiger partial charge in [0.2, 0.25) is 5.95 Å². The highest BCUT2D eigenvalue weighted by Gasteiger charge is 2.46. The van der Waals surface area contributed by atoms with Crippen LogP contribution in [0.4, 0.5) is 5.95 Å². The third-order valence-electron chi connectivity index (χ3n) is 6.28. The highest BCUT2D eigenvalue weighted by atomic mass is 79.9. The van der Waals surface area contributed by atoms with Crippen LogP contribution in [0.5, 0.6) is 0 Å². The van der Waals surface area contributed by atoms with Crippen molar-refractivity contribution in [2.24, 2.45) is 5.41 Å². The van der Waals surface area contributed by atoms with Crippen LogP contribution < -0.4 is 5.32 Å². The lowest BCUT2D eigenvalue weighted by molar-refractivity contribution is -0.149. The summed E-state index contributed by atoms with van der Waals surface area (Å²) in [4.78, 5) is 23.2. The number of anilines is 1. The summed E-state index contributed by atoms with van der Waals surface area (Å²) in [6.07, 6.45) is 3.62. The summed E-state index contributed by atoms with van der Waals surface area (Å²) < 4.78 is 2.42. The Morgan fingerprint density at radius 2 is 2.09 bits per heavy atom.